The van der Waals surface area contributed by atoms with Gasteiger partial charge in [-0.15, -0.1) is 0 Å². The van der Waals surface area contributed by atoms with Crippen LogP contribution in [0.2, 0.25) is 0 Å². The van der Waals surface area contributed by atoms with Crippen LogP contribution in [0.5, 0.6) is 0 Å². The predicted octanol–water partition coefficient (Wildman–Crippen LogP) is 2.97. The fraction of sp³-hybridized carbons (Fsp3) is 0.636. The first-order chi connectivity index (χ1) is 10.7. The average molecular weight is 388 g/mol. The molecule has 0 spiro atoms. The Bertz CT molecular complexity index is 508. The van der Waals surface area contributed by atoms with Gasteiger partial charge in [0.1, 0.15) is 25.4 Å². The number of aromatic nitrogens is 2. The van der Waals surface area contributed by atoms with Crippen molar-refractivity contribution in [3.63, 3.8) is 0 Å². The molecule has 0 aliphatic heterocycles. The standard InChI is InChI=1S/C11H18N2O4.F6P/c1-13-4-3-12-10(13)9-11(14)17-8-7-16-6-5-15-2;1-7(2,3,4,5)6/h3-4H,5-9H2,1-2H3;/q;-1/p+1. The molecule has 0 aliphatic rings. The van der Waals surface area contributed by atoms with Crippen molar-refractivity contribution in [3.05, 3.63) is 18.2 Å². The Balaban J connectivity index is 0.000000640. The van der Waals surface area contributed by atoms with Gasteiger partial charge in [0.2, 0.25) is 0 Å². The molecule has 0 saturated carbocycles. The number of halogens is 6. The summed E-state index contributed by atoms with van der Waals surface area (Å²) in [4.78, 5) is 14.4. The third-order valence-electron chi connectivity index (χ3n) is 2.21. The minimum atomic E-state index is -10.7. The first-order valence-electron chi connectivity index (χ1n) is 6.49. The van der Waals surface area contributed by atoms with Crippen molar-refractivity contribution in [2.45, 2.75) is 6.42 Å². The minimum absolute atomic E-state index is 0.238. The van der Waals surface area contributed by atoms with E-state index in [2.05, 4.69) is 4.98 Å². The number of methoxy groups -OCH3 is 1. The van der Waals surface area contributed by atoms with Gasteiger partial charge >= 0.3 is 39.0 Å². The van der Waals surface area contributed by atoms with Crippen molar-refractivity contribution in [2.24, 2.45) is 7.05 Å². The molecule has 0 radical (unpaired) electrons. The summed E-state index contributed by atoms with van der Waals surface area (Å²) >= 11 is 0. The molecule has 1 aromatic heterocycles. The molecule has 0 aromatic carbocycles. The molecule has 1 N–H and O–H groups in total. The zero-order valence-electron chi connectivity index (χ0n) is 13.0. The number of ether oxygens (including phenoxy) is 3. The number of imidazole rings is 1. The monoisotopic (exact) mass is 388 g/mol. The average Bonchev–Trinajstić information content (AvgIpc) is 2.75. The summed E-state index contributed by atoms with van der Waals surface area (Å²) in [5.41, 5.74) is 0. The summed E-state index contributed by atoms with van der Waals surface area (Å²) in [6.07, 6.45) is 3.86. The number of nitrogens with one attached hydrogen (secondary N) is 1. The normalized spacial score (nSPS) is 14.2. The molecular weight excluding hydrogens is 369 g/mol. The van der Waals surface area contributed by atoms with Gasteiger partial charge in [-0.25, -0.2) is 9.55 Å². The quantitative estimate of drug-likeness (QED) is 0.245. The van der Waals surface area contributed by atoms with Gasteiger partial charge < -0.3 is 14.2 Å². The van der Waals surface area contributed by atoms with E-state index in [1.807, 2.05) is 17.8 Å². The van der Waals surface area contributed by atoms with Gasteiger partial charge in [-0.2, -0.15) is 0 Å². The number of H-pyrrole nitrogens is 1. The second kappa shape index (κ2) is 8.13. The van der Waals surface area contributed by atoms with Crippen LogP contribution in [0.15, 0.2) is 12.4 Å². The van der Waals surface area contributed by atoms with Gasteiger partial charge in [0.15, 0.2) is 0 Å². The van der Waals surface area contributed by atoms with E-state index in [0.717, 1.165) is 5.82 Å². The first-order valence-corrected chi connectivity index (χ1v) is 8.52. The van der Waals surface area contributed by atoms with Crippen molar-refractivity contribution in [2.75, 3.05) is 33.5 Å². The van der Waals surface area contributed by atoms with Crippen molar-refractivity contribution in [1.82, 2.24) is 4.98 Å². The molecule has 0 amide bonds. The third kappa shape index (κ3) is 18.7. The fourth-order valence-corrected chi connectivity index (χ4v) is 1.26. The summed E-state index contributed by atoms with van der Waals surface area (Å²) < 4.78 is 76.0. The van der Waals surface area contributed by atoms with Crippen LogP contribution in [0.4, 0.5) is 25.2 Å². The second-order valence-electron chi connectivity index (χ2n) is 4.48. The summed E-state index contributed by atoms with van der Waals surface area (Å²) in [5, 5.41) is 0. The number of hydrogen-bond donors (Lipinski definition) is 1. The molecule has 0 unspecified atom stereocenters. The number of carbonyl (C=O) groups excluding carboxylic acids is 1. The third-order valence-corrected chi connectivity index (χ3v) is 2.21. The Kier molecular flexibility index (Phi) is 7.66. The van der Waals surface area contributed by atoms with E-state index in [0.29, 0.717) is 19.8 Å². The van der Waals surface area contributed by atoms with Crippen LogP contribution in [0.3, 0.4) is 0 Å². The van der Waals surface area contributed by atoms with E-state index < -0.39 is 7.81 Å². The van der Waals surface area contributed by atoms with Crippen LogP contribution >= 0.6 is 7.81 Å². The van der Waals surface area contributed by atoms with Crippen molar-refractivity contribution in [1.29, 1.82) is 0 Å². The molecular formula is C11H19F6N2O4P. The van der Waals surface area contributed by atoms with Gasteiger partial charge in [0.25, 0.3) is 5.82 Å². The number of hydrogen-bond acceptors (Lipinski definition) is 4. The van der Waals surface area contributed by atoms with Gasteiger partial charge in [-0.05, 0) is 0 Å². The molecule has 0 saturated heterocycles. The number of carbonyl (C=O) groups is 1. The molecule has 6 nitrogen and oxygen atoms in total. The summed E-state index contributed by atoms with van der Waals surface area (Å²) in [6.45, 7) is 1.73. The van der Waals surface area contributed by atoms with E-state index in [4.69, 9.17) is 14.2 Å². The Morgan fingerprint density at radius 3 is 2.12 bits per heavy atom. The summed E-state index contributed by atoms with van der Waals surface area (Å²) in [7, 11) is -7.18. The molecule has 1 rings (SSSR count). The number of aryl methyl sites for hydroxylation is 1. The van der Waals surface area contributed by atoms with Gasteiger partial charge in [-0.3, -0.25) is 4.79 Å². The maximum absolute atomic E-state index is 11.4. The first kappa shape index (κ1) is 22.6. The van der Waals surface area contributed by atoms with Gasteiger partial charge in [0, 0.05) is 7.11 Å². The molecule has 1 aromatic rings. The van der Waals surface area contributed by atoms with Crippen molar-refractivity contribution in [3.8, 4) is 0 Å². The van der Waals surface area contributed by atoms with E-state index in [1.54, 1.807) is 13.3 Å². The van der Waals surface area contributed by atoms with E-state index in [-0.39, 0.29) is 19.0 Å². The number of nitrogens with zero attached hydrogens (tertiary/aromatic N) is 1. The number of aromatic amines is 1. The molecule has 0 fully saturated rings. The molecule has 24 heavy (non-hydrogen) atoms. The van der Waals surface area contributed by atoms with Gasteiger partial charge in [-0.1, -0.05) is 0 Å². The molecule has 0 bridgehead atoms. The molecule has 0 aliphatic carbocycles. The van der Waals surface area contributed by atoms with Crippen LogP contribution in [0.1, 0.15) is 5.82 Å². The van der Waals surface area contributed by atoms with Gasteiger partial charge in [0.05, 0.1) is 26.9 Å². The van der Waals surface area contributed by atoms with E-state index >= 15 is 0 Å². The maximum atomic E-state index is 11.4. The molecule has 1 heterocycles. The Morgan fingerprint density at radius 1 is 1.12 bits per heavy atom. The number of esters is 1. The SMILES string of the molecule is COCCOCCOC(=O)Cc1[nH]cc[n+]1C.F[P-](F)(F)(F)(F)F. The van der Waals surface area contributed by atoms with E-state index in [9.17, 15) is 30.0 Å². The van der Waals surface area contributed by atoms with Crippen LogP contribution in [-0.2, 0) is 32.5 Å². The van der Waals surface area contributed by atoms with E-state index in [1.165, 1.54) is 0 Å². The van der Waals surface area contributed by atoms with Crippen molar-refractivity contribution < 1.29 is 48.8 Å². The van der Waals surface area contributed by atoms with Crippen LogP contribution in [0.25, 0.3) is 0 Å². The Labute approximate surface area is 133 Å². The summed E-state index contributed by atoms with van der Waals surface area (Å²) in [5.74, 6) is 0.550. The second-order valence-corrected chi connectivity index (χ2v) is 6.40. The summed E-state index contributed by atoms with van der Waals surface area (Å²) in [6, 6.07) is 0. The zero-order chi connectivity index (χ0) is 18.9. The van der Waals surface area contributed by atoms with Crippen LogP contribution in [-0.4, -0.2) is 44.5 Å². The van der Waals surface area contributed by atoms with Crippen LogP contribution < -0.4 is 4.57 Å². The predicted molar refractivity (Wildman–Crippen MR) is 72.9 cm³/mol. The topological polar surface area (TPSA) is 64.4 Å². The Hall–Kier alpha value is -1.39. The van der Waals surface area contributed by atoms with Crippen LogP contribution in [0, 0.1) is 0 Å². The number of rotatable bonds is 8. The molecule has 144 valence electrons. The molecule has 0 atom stereocenters. The Morgan fingerprint density at radius 2 is 1.67 bits per heavy atom. The molecule has 13 heteroatoms. The zero-order valence-corrected chi connectivity index (χ0v) is 13.9. The fourth-order valence-electron chi connectivity index (χ4n) is 1.26. The van der Waals surface area contributed by atoms with Crippen molar-refractivity contribution >= 4 is 13.8 Å².